The van der Waals surface area contributed by atoms with Gasteiger partial charge in [-0.1, -0.05) is 19.4 Å². The third kappa shape index (κ3) is 3.54. The number of urea groups is 1. The van der Waals surface area contributed by atoms with E-state index in [-0.39, 0.29) is 11.9 Å². The lowest BCUT2D eigenvalue weighted by Crippen LogP contribution is -2.41. The Kier molecular flexibility index (Phi) is 5.17. The van der Waals surface area contributed by atoms with Crippen LogP contribution in [0.5, 0.6) is 0 Å². The maximum absolute atomic E-state index is 12.6. The number of anilines is 1. The summed E-state index contributed by atoms with van der Waals surface area (Å²) in [5.74, 6) is 1.12. The van der Waals surface area contributed by atoms with Gasteiger partial charge in [-0.25, -0.2) is 9.78 Å². The van der Waals surface area contributed by atoms with E-state index in [2.05, 4.69) is 22.1 Å². The number of pyridine rings is 1. The summed E-state index contributed by atoms with van der Waals surface area (Å²) in [6, 6.07) is 3.86. The Morgan fingerprint density at radius 2 is 2.07 bits per heavy atom. The number of likely N-dealkylation sites (tertiary alicyclic amines) is 1. The van der Waals surface area contributed by atoms with Crippen molar-refractivity contribution in [2.24, 2.45) is 17.3 Å². The standard InChI is InChI=1S/C21H30N4O3/c1-15-6-9-24(10-7-15)18-5-4-16(11-22-18)12-23-20(28)25-13-17-3-2-8-21(17,14-25)19(26)27/h4-5,11,15,17H,2-3,6-10,12-14H2,1H3,(H,23,28)(H,26,27)/t17-,21+/m0/s1. The zero-order valence-electron chi connectivity index (χ0n) is 16.6. The first kappa shape index (κ1) is 19.0. The summed E-state index contributed by atoms with van der Waals surface area (Å²) in [6.07, 6.45) is 6.75. The Morgan fingerprint density at radius 3 is 2.71 bits per heavy atom. The number of hydrogen-bond acceptors (Lipinski definition) is 4. The zero-order chi connectivity index (χ0) is 19.7. The van der Waals surface area contributed by atoms with Crippen molar-refractivity contribution in [1.82, 2.24) is 15.2 Å². The smallest absolute Gasteiger partial charge is 0.317 e. The van der Waals surface area contributed by atoms with Crippen LogP contribution in [0.1, 0.15) is 44.6 Å². The molecule has 1 aromatic heterocycles. The van der Waals surface area contributed by atoms with Gasteiger partial charge >= 0.3 is 12.0 Å². The van der Waals surface area contributed by atoms with E-state index in [4.69, 9.17) is 0 Å². The predicted octanol–water partition coefficient (Wildman–Crippen LogP) is 2.71. The summed E-state index contributed by atoms with van der Waals surface area (Å²) in [6.45, 7) is 5.66. The molecular formula is C21H30N4O3. The van der Waals surface area contributed by atoms with E-state index in [0.717, 1.165) is 43.2 Å². The molecule has 152 valence electrons. The number of fused-ring (bicyclic) bond motifs is 1. The Labute approximate surface area is 166 Å². The van der Waals surface area contributed by atoms with Gasteiger partial charge in [-0.2, -0.15) is 0 Å². The molecule has 2 amide bonds. The lowest BCUT2D eigenvalue weighted by molar-refractivity contribution is -0.149. The SMILES string of the molecule is CC1CCN(c2ccc(CNC(=O)N3C[C@@H]4CCC[C@@]4(C(=O)O)C3)cn2)CC1. The van der Waals surface area contributed by atoms with Crippen LogP contribution in [-0.4, -0.2) is 53.2 Å². The lowest BCUT2D eigenvalue weighted by atomic mass is 9.81. The van der Waals surface area contributed by atoms with E-state index in [9.17, 15) is 14.7 Å². The van der Waals surface area contributed by atoms with Crippen LogP contribution in [0.3, 0.4) is 0 Å². The highest BCUT2D eigenvalue weighted by Crippen LogP contribution is 2.48. The summed E-state index contributed by atoms with van der Waals surface area (Å²) >= 11 is 0. The summed E-state index contributed by atoms with van der Waals surface area (Å²) in [4.78, 5) is 32.9. The number of hydrogen-bond donors (Lipinski definition) is 2. The van der Waals surface area contributed by atoms with Crippen molar-refractivity contribution >= 4 is 17.8 Å². The van der Waals surface area contributed by atoms with Crippen molar-refractivity contribution in [3.63, 3.8) is 0 Å². The van der Waals surface area contributed by atoms with E-state index in [1.807, 2.05) is 18.3 Å². The maximum atomic E-state index is 12.6. The van der Waals surface area contributed by atoms with Gasteiger partial charge in [0.1, 0.15) is 5.82 Å². The van der Waals surface area contributed by atoms with Gasteiger partial charge in [0.05, 0.1) is 5.41 Å². The van der Waals surface area contributed by atoms with Crippen LogP contribution >= 0.6 is 0 Å². The zero-order valence-corrected chi connectivity index (χ0v) is 16.6. The van der Waals surface area contributed by atoms with Crippen LogP contribution in [-0.2, 0) is 11.3 Å². The first-order chi connectivity index (χ1) is 13.5. The average Bonchev–Trinajstić information content (AvgIpc) is 3.26. The molecule has 0 radical (unpaired) electrons. The monoisotopic (exact) mass is 386 g/mol. The summed E-state index contributed by atoms with van der Waals surface area (Å²) in [5.41, 5.74) is 0.224. The minimum absolute atomic E-state index is 0.0870. The van der Waals surface area contributed by atoms with E-state index >= 15 is 0 Å². The molecule has 2 saturated heterocycles. The average molecular weight is 386 g/mol. The van der Waals surface area contributed by atoms with Crippen molar-refractivity contribution in [2.45, 2.75) is 45.6 Å². The Morgan fingerprint density at radius 1 is 1.29 bits per heavy atom. The van der Waals surface area contributed by atoms with Crippen molar-refractivity contribution in [2.75, 3.05) is 31.1 Å². The third-order valence-electron chi connectivity index (χ3n) is 6.94. The van der Waals surface area contributed by atoms with Crippen LogP contribution in [0.2, 0.25) is 0 Å². The number of piperidine rings is 1. The van der Waals surface area contributed by atoms with Gasteiger partial charge in [0.25, 0.3) is 0 Å². The van der Waals surface area contributed by atoms with Gasteiger partial charge in [0.2, 0.25) is 0 Å². The van der Waals surface area contributed by atoms with Crippen LogP contribution < -0.4 is 10.2 Å². The first-order valence-corrected chi connectivity index (χ1v) is 10.4. The molecule has 3 fully saturated rings. The number of aromatic nitrogens is 1. The van der Waals surface area contributed by atoms with E-state index in [1.165, 1.54) is 12.8 Å². The Hall–Kier alpha value is -2.31. The minimum Gasteiger partial charge on any atom is -0.481 e. The summed E-state index contributed by atoms with van der Waals surface area (Å²) in [7, 11) is 0. The molecule has 0 bridgehead atoms. The second-order valence-electron chi connectivity index (χ2n) is 8.78. The molecule has 2 N–H and O–H groups in total. The number of rotatable bonds is 4. The highest BCUT2D eigenvalue weighted by Gasteiger charge is 2.55. The summed E-state index contributed by atoms with van der Waals surface area (Å²) < 4.78 is 0. The second-order valence-corrected chi connectivity index (χ2v) is 8.78. The Balaban J connectivity index is 1.30. The normalized spacial score (nSPS) is 27.7. The minimum atomic E-state index is -0.753. The van der Waals surface area contributed by atoms with Crippen molar-refractivity contribution < 1.29 is 14.7 Å². The fourth-order valence-corrected chi connectivity index (χ4v) is 5.03. The number of nitrogens with zero attached hydrogens (tertiary/aromatic N) is 3. The van der Waals surface area contributed by atoms with Crippen molar-refractivity contribution in [3.8, 4) is 0 Å². The quantitative estimate of drug-likeness (QED) is 0.831. The summed E-state index contributed by atoms with van der Waals surface area (Å²) in [5, 5.41) is 12.6. The van der Waals surface area contributed by atoms with Crippen LogP contribution in [0, 0.1) is 17.3 Å². The predicted molar refractivity (Wildman–Crippen MR) is 106 cm³/mol. The number of nitrogens with one attached hydrogen (secondary N) is 1. The highest BCUT2D eigenvalue weighted by atomic mass is 16.4. The number of amides is 2. The lowest BCUT2D eigenvalue weighted by Gasteiger charge is -2.31. The van der Waals surface area contributed by atoms with Crippen LogP contribution in [0.25, 0.3) is 0 Å². The number of carbonyl (C=O) groups is 2. The molecule has 1 aromatic rings. The number of carboxylic acid groups (broad SMARTS) is 1. The number of carboxylic acids is 1. The largest absolute Gasteiger partial charge is 0.481 e. The molecule has 0 spiro atoms. The van der Waals surface area contributed by atoms with E-state index in [0.29, 0.717) is 26.1 Å². The first-order valence-electron chi connectivity index (χ1n) is 10.4. The fourth-order valence-electron chi connectivity index (χ4n) is 5.03. The van der Waals surface area contributed by atoms with Crippen LogP contribution in [0.4, 0.5) is 10.6 Å². The molecule has 2 atom stereocenters. The third-order valence-corrected chi connectivity index (χ3v) is 6.94. The van der Waals surface area contributed by atoms with Crippen molar-refractivity contribution in [1.29, 1.82) is 0 Å². The molecule has 2 aliphatic heterocycles. The molecule has 0 unspecified atom stereocenters. The molecule has 3 aliphatic rings. The molecule has 0 aromatic carbocycles. The van der Waals surface area contributed by atoms with Gasteiger partial charge in [0.15, 0.2) is 0 Å². The van der Waals surface area contributed by atoms with Gasteiger partial charge in [0, 0.05) is 38.9 Å². The van der Waals surface area contributed by atoms with E-state index in [1.54, 1.807) is 4.90 Å². The van der Waals surface area contributed by atoms with Gasteiger partial charge in [-0.3, -0.25) is 4.79 Å². The fraction of sp³-hybridized carbons (Fsp3) is 0.667. The van der Waals surface area contributed by atoms with Gasteiger partial charge in [-0.05, 0) is 49.1 Å². The molecule has 1 saturated carbocycles. The molecular weight excluding hydrogens is 356 g/mol. The Bertz CT molecular complexity index is 730. The van der Waals surface area contributed by atoms with Crippen LogP contribution in [0.15, 0.2) is 18.3 Å². The maximum Gasteiger partial charge on any atom is 0.317 e. The molecule has 1 aliphatic carbocycles. The molecule has 4 rings (SSSR count). The topological polar surface area (TPSA) is 85.8 Å². The van der Waals surface area contributed by atoms with Crippen molar-refractivity contribution in [3.05, 3.63) is 23.9 Å². The van der Waals surface area contributed by atoms with Gasteiger partial charge in [-0.15, -0.1) is 0 Å². The number of aliphatic carboxylic acids is 1. The molecule has 3 heterocycles. The number of carbonyl (C=O) groups excluding carboxylic acids is 1. The molecule has 7 nitrogen and oxygen atoms in total. The second kappa shape index (κ2) is 7.60. The molecule has 28 heavy (non-hydrogen) atoms. The van der Waals surface area contributed by atoms with E-state index < -0.39 is 11.4 Å². The molecule has 7 heteroatoms. The van der Waals surface area contributed by atoms with Gasteiger partial charge < -0.3 is 20.2 Å². The highest BCUT2D eigenvalue weighted by molar-refractivity contribution is 5.80.